The average Bonchev–Trinajstić information content (AvgIpc) is 2.55. The Hall–Kier alpha value is -1.15. The first-order chi connectivity index (χ1) is 11.2. The molecule has 1 aromatic carbocycles. The van der Waals surface area contributed by atoms with E-state index in [2.05, 4.69) is 13.8 Å². The number of rotatable bonds is 5. The van der Waals surface area contributed by atoms with Gasteiger partial charge in [0.15, 0.2) is 9.84 Å². The maximum Gasteiger partial charge on any atom is 0.253 e. The first kappa shape index (κ1) is 21.9. The van der Waals surface area contributed by atoms with Crippen molar-refractivity contribution >= 4 is 28.2 Å². The highest BCUT2D eigenvalue weighted by Gasteiger charge is 2.35. The smallest absolute Gasteiger partial charge is 0.253 e. The molecule has 2 rings (SSSR count). The van der Waals surface area contributed by atoms with Crippen molar-refractivity contribution < 1.29 is 17.9 Å². The number of piperidine rings is 1. The molecule has 142 valence electrons. The molecule has 8 heteroatoms. The van der Waals surface area contributed by atoms with E-state index in [1.165, 1.54) is 19.2 Å². The van der Waals surface area contributed by atoms with Gasteiger partial charge in [0.1, 0.15) is 0 Å². The van der Waals surface area contributed by atoms with Crippen molar-refractivity contribution in [3.63, 3.8) is 0 Å². The molecule has 0 radical (unpaired) electrons. The molecule has 1 heterocycles. The molecule has 1 saturated heterocycles. The summed E-state index contributed by atoms with van der Waals surface area (Å²) in [6.45, 7) is 5.48. The van der Waals surface area contributed by atoms with Crippen molar-refractivity contribution in [2.24, 2.45) is 11.1 Å². The largest absolute Gasteiger partial charge is 0.384 e. The molecule has 1 aliphatic heterocycles. The van der Waals surface area contributed by atoms with E-state index in [1.807, 2.05) is 0 Å². The van der Waals surface area contributed by atoms with E-state index in [1.54, 1.807) is 17.0 Å². The maximum absolute atomic E-state index is 12.6. The second-order valence-corrected chi connectivity index (χ2v) is 9.06. The second-order valence-electron chi connectivity index (χ2n) is 6.95. The van der Waals surface area contributed by atoms with Gasteiger partial charge in [-0.1, -0.05) is 13.8 Å². The molecule has 1 aromatic rings. The number of nitrogens with zero attached hydrogens (tertiary/aromatic N) is 1. The molecule has 0 aromatic heterocycles. The van der Waals surface area contributed by atoms with Crippen LogP contribution in [0.4, 0.5) is 0 Å². The normalized spacial score (nSPS) is 20.0. The minimum Gasteiger partial charge on any atom is -0.384 e. The van der Waals surface area contributed by atoms with Crippen molar-refractivity contribution in [2.45, 2.75) is 31.2 Å². The van der Waals surface area contributed by atoms with Crippen molar-refractivity contribution in [1.29, 1.82) is 0 Å². The Balaban J connectivity index is 0.00000312. The third kappa shape index (κ3) is 5.17. The van der Waals surface area contributed by atoms with Gasteiger partial charge in [-0.25, -0.2) is 8.42 Å². The summed E-state index contributed by atoms with van der Waals surface area (Å²) in [6, 6.07) is 6.19. The zero-order chi connectivity index (χ0) is 18.0. The zero-order valence-electron chi connectivity index (χ0n) is 14.9. The van der Waals surface area contributed by atoms with Gasteiger partial charge in [0, 0.05) is 31.8 Å². The Kier molecular flexibility index (Phi) is 7.43. The van der Waals surface area contributed by atoms with E-state index in [0.29, 0.717) is 18.7 Å². The molecular weight excluding hydrogens is 364 g/mol. The molecule has 1 fully saturated rings. The van der Waals surface area contributed by atoms with E-state index in [0.717, 1.165) is 6.42 Å². The van der Waals surface area contributed by atoms with Crippen LogP contribution < -0.4 is 5.73 Å². The van der Waals surface area contributed by atoms with Crippen LogP contribution in [0.3, 0.4) is 0 Å². The molecule has 25 heavy (non-hydrogen) atoms. The minimum absolute atomic E-state index is 0. The quantitative estimate of drug-likeness (QED) is 0.826. The van der Waals surface area contributed by atoms with Crippen molar-refractivity contribution in [3.05, 3.63) is 29.8 Å². The lowest BCUT2D eigenvalue weighted by molar-refractivity contribution is 0.0533. The molecule has 0 aliphatic carbocycles. The number of ether oxygens (including phenoxy) is 1. The van der Waals surface area contributed by atoms with Crippen LogP contribution in [0, 0.1) is 5.41 Å². The zero-order valence-corrected chi connectivity index (χ0v) is 16.5. The second kappa shape index (κ2) is 8.49. The number of nitrogens with two attached hydrogens (primary N) is 1. The van der Waals surface area contributed by atoms with Gasteiger partial charge in [-0.05, 0) is 36.1 Å². The fourth-order valence-electron chi connectivity index (χ4n) is 2.85. The van der Waals surface area contributed by atoms with Gasteiger partial charge in [-0.3, -0.25) is 4.79 Å². The molecule has 6 nitrogen and oxygen atoms in total. The number of hydrogen-bond acceptors (Lipinski definition) is 5. The van der Waals surface area contributed by atoms with Gasteiger partial charge in [0.25, 0.3) is 5.91 Å². The van der Waals surface area contributed by atoms with Gasteiger partial charge in [0.05, 0.1) is 17.3 Å². The first-order valence-electron chi connectivity index (χ1n) is 8.04. The number of methoxy groups -OCH3 is 1. The van der Waals surface area contributed by atoms with E-state index in [9.17, 15) is 13.2 Å². The summed E-state index contributed by atoms with van der Waals surface area (Å²) in [6.07, 6.45) is 0.766. The Labute approximate surface area is 156 Å². The molecule has 0 spiro atoms. The van der Waals surface area contributed by atoms with Crippen LogP contribution >= 0.6 is 12.4 Å². The predicted molar refractivity (Wildman–Crippen MR) is 99.9 cm³/mol. The number of benzene rings is 1. The molecule has 0 bridgehead atoms. The summed E-state index contributed by atoms with van der Waals surface area (Å²) >= 11 is 0. The monoisotopic (exact) mass is 390 g/mol. The number of amides is 1. The highest BCUT2D eigenvalue weighted by atomic mass is 35.5. The van der Waals surface area contributed by atoms with Gasteiger partial charge in [0.2, 0.25) is 0 Å². The van der Waals surface area contributed by atoms with Crippen LogP contribution in [0.15, 0.2) is 29.2 Å². The van der Waals surface area contributed by atoms with E-state index in [4.69, 9.17) is 10.5 Å². The maximum atomic E-state index is 12.6. The van der Waals surface area contributed by atoms with Gasteiger partial charge >= 0.3 is 0 Å². The molecule has 0 saturated carbocycles. The Morgan fingerprint density at radius 2 is 1.92 bits per heavy atom. The summed E-state index contributed by atoms with van der Waals surface area (Å²) in [7, 11) is -1.92. The number of sulfone groups is 1. The number of carbonyl (C=O) groups excluding carboxylic acids is 1. The fourth-order valence-corrected chi connectivity index (χ4v) is 4.02. The van der Waals surface area contributed by atoms with Crippen LogP contribution in [0.5, 0.6) is 0 Å². The third-order valence-electron chi connectivity index (χ3n) is 4.62. The number of likely N-dealkylation sites (tertiary alicyclic amines) is 1. The topological polar surface area (TPSA) is 89.7 Å². The van der Waals surface area contributed by atoms with Crippen molar-refractivity contribution in [2.75, 3.05) is 32.6 Å². The number of carbonyl (C=O) groups is 1. The molecule has 2 N–H and O–H groups in total. The van der Waals surface area contributed by atoms with Crippen LogP contribution in [0.1, 0.15) is 30.6 Å². The van der Waals surface area contributed by atoms with Crippen molar-refractivity contribution in [3.8, 4) is 0 Å². The lowest BCUT2D eigenvalue weighted by Crippen LogP contribution is -2.53. The number of halogens is 1. The summed E-state index contributed by atoms with van der Waals surface area (Å²) in [5.74, 6) is -0.162. The number of hydrogen-bond donors (Lipinski definition) is 1. The lowest BCUT2D eigenvalue weighted by atomic mass is 9.79. The fraction of sp³-hybridized carbons (Fsp3) is 0.588. The molecule has 1 amide bonds. The van der Waals surface area contributed by atoms with Gasteiger partial charge in [-0.15, -0.1) is 12.4 Å². The molecule has 1 unspecified atom stereocenters. The van der Waals surface area contributed by atoms with Crippen LogP contribution in [-0.4, -0.2) is 57.8 Å². The minimum atomic E-state index is -3.38. The van der Waals surface area contributed by atoms with Crippen molar-refractivity contribution in [1.82, 2.24) is 4.90 Å². The molecular formula is C17H27ClN2O4S. The van der Waals surface area contributed by atoms with E-state index >= 15 is 0 Å². The standard InChI is InChI=1S/C17H26N2O4S.ClH/c1-17(2)12-19(9-8-15(17)18)16(20)13-4-6-14(7-5-13)24(21,22)11-10-23-3;/h4-7,15H,8-12,18H2,1-3H3;1H. The van der Waals surface area contributed by atoms with Crippen LogP contribution in [0.25, 0.3) is 0 Å². The Morgan fingerprint density at radius 3 is 2.44 bits per heavy atom. The van der Waals surface area contributed by atoms with E-state index in [-0.39, 0.29) is 47.0 Å². The summed E-state index contributed by atoms with van der Waals surface area (Å²) in [5.41, 5.74) is 6.47. The van der Waals surface area contributed by atoms with Crippen LogP contribution in [0.2, 0.25) is 0 Å². The van der Waals surface area contributed by atoms with Gasteiger partial charge < -0.3 is 15.4 Å². The average molecular weight is 391 g/mol. The Morgan fingerprint density at radius 1 is 1.32 bits per heavy atom. The summed E-state index contributed by atoms with van der Waals surface area (Å²) < 4.78 is 29.0. The predicted octanol–water partition coefficient (Wildman–Crippen LogP) is 1.73. The SMILES string of the molecule is COCCS(=O)(=O)c1ccc(C(=O)N2CCC(N)C(C)(C)C2)cc1.Cl. The first-order valence-corrected chi connectivity index (χ1v) is 9.69. The summed E-state index contributed by atoms with van der Waals surface area (Å²) in [5, 5.41) is 0. The molecule has 1 aliphatic rings. The summed E-state index contributed by atoms with van der Waals surface area (Å²) in [4.78, 5) is 14.6. The van der Waals surface area contributed by atoms with E-state index < -0.39 is 9.84 Å². The lowest BCUT2D eigenvalue weighted by Gasteiger charge is -2.42. The van der Waals surface area contributed by atoms with Gasteiger partial charge in [-0.2, -0.15) is 0 Å². The molecule has 1 atom stereocenters. The van der Waals surface area contributed by atoms with Crippen LogP contribution in [-0.2, 0) is 14.6 Å². The highest BCUT2D eigenvalue weighted by Crippen LogP contribution is 2.28. The Bertz CT molecular complexity index is 689. The third-order valence-corrected chi connectivity index (χ3v) is 6.31. The highest BCUT2D eigenvalue weighted by molar-refractivity contribution is 7.91.